The molecule has 0 radical (unpaired) electrons. The lowest BCUT2D eigenvalue weighted by Gasteiger charge is -2.38. The molecule has 92 heavy (non-hydrogen) atoms. The summed E-state index contributed by atoms with van der Waals surface area (Å²) in [6.07, 6.45) is 34.7. The van der Waals surface area contributed by atoms with Gasteiger partial charge in [-0.25, -0.2) is 14.6 Å². The van der Waals surface area contributed by atoms with Gasteiger partial charge in [-0.3, -0.25) is 19.3 Å². The molecule has 0 unspecified atom stereocenters. The van der Waals surface area contributed by atoms with Crippen LogP contribution in [0.4, 0.5) is 0 Å². The lowest BCUT2D eigenvalue weighted by Crippen LogP contribution is -2.44. The van der Waals surface area contributed by atoms with E-state index in [1.807, 2.05) is 55.8 Å². The van der Waals surface area contributed by atoms with E-state index in [1.165, 1.54) is 58.3 Å². The van der Waals surface area contributed by atoms with Gasteiger partial charge in [0.05, 0.1) is 46.8 Å². The number of carbonyl (C=O) groups excluding carboxylic acids is 1. The third-order valence-electron chi connectivity index (χ3n) is 15.8. The molecule has 0 atom stereocenters. The molecule has 19 heteroatoms. The minimum atomic E-state index is 0.0174. The molecule has 0 spiro atoms. The molecule has 6 aromatic heterocycles. The first-order chi connectivity index (χ1) is 41.9. The largest absolute Gasteiger partial charge is 0.349 e. The fraction of sp³-hybridized carbons (Fsp3) is 0.753. The Morgan fingerprint density at radius 3 is 1.04 bits per heavy atom. The number of aromatic nitrogens is 14. The second-order valence-electron chi connectivity index (χ2n) is 34.4. The van der Waals surface area contributed by atoms with Gasteiger partial charge in [0.15, 0.2) is 0 Å². The Morgan fingerprint density at radius 2 is 0.848 bits per heavy atom. The summed E-state index contributed by atoms with van der Waals surface area (Å²) in [5, 5.41) is 32.2. The molecular formula is C73H134N18O. The summed E-state index contributed by atoms with van der Waals surface area (Å²) in [4.78, 5) is 27.7. The highest BCUT2D eigenvalue weighted by Gasteiger charge is 2.52. The van der Waals surface area contributed by atoms with Crippen LogP contribution in [0, 0.1) is 22.2 Å². The third-order valence-corrected chi connectivity index (χ3v) is 15.8. The van der Waals surface area contributed by atoms with Gasteiger partial charge < -0.3 is 18.6 Å². The summed E-state index contributed by atoms with van der Waals surface area (Å²) in [6, 6.07) is 8.42. The van der Waals surface area contributed by atoms with Gasteiger partial charge in [0.25, 0.3) is 0 Å². The van der Waals surface area contributed by atoms with Crippen molar-refractivity contribution in [3.63, 3.8) is 0 Å². The number of hydrogen-bond acceptors (Lipinski definition) is 12. The van der Waals surface area contributed by atoms with Crippen LogP contribution < -0.4 is 0 Å². The van der Waals surface area contributed by atoms with Crippen LogP contribution in [0.25, 0.3) is 0 Å². The number of likely N-dealkylation sites (tertiary alicyclic amines) is 3. The van der Waals surface area contributed by atoms with E-state index >= 15 is 0 Å². The molecule has 10 rings (SSSR count). The van der Waals surface area contributed by atoms with Crippen LogP contribution in [-0.4, -0.2) is 138 Å². The van der Waals surface area contributed by atoms with Crippen molar-refractivity contribution < 1.29 is 4.79 Å². The number of nitrogens with zero attached hydrogens (tertiary/aromatic N) is 18. The van der Waals surface area contributed by atoms with Crippen LogP contribution in [0.5, 0.6) is 0 Å². The number of nitriles is 1. The maximum absolute atomic E-state index is 11.1. The van der Waals surface area contributed by atoms with Crippen LogP contribution in [-0.2, 0) is 38.0 Å². The average molecular weight is 1280 g/mol. The molecular weight excluding hydrogens is 1140 g/mol. The van der Waals surface area contributed by atoms with Gasteiger partial charge in [0, 0.05) is 83.4 Å². The van der Waals surface area contributed by atoms with Crippen molar-refractivity contribution in [2.45, 2.75) is 315 Å². The van der Waals surface area contributed by atoms with E-state index in [4.69, 9.17) is 5.26 Å². The van der Waals surface area contributed by atoms with Crippen LogP contribution >= 0.6 is 0 Å². The zero-order valence-corrected chi connectivity index (χ0v) is 64.1. The van der Waals surface area contributed by atoms with Gasteiger partial charge in [-0.05, 0) is 282 Å². The maximum Gasteiger partial charge on any atom is 0.223 e. The quantitative estimate of drug-likeness (QED) is 0.140. The van der Waals surface area contributed by atoms with Crippen molar-refractivity contribution in [2.24, 2.45) is 10.8 Å². The van der Waals surface area contributed by atoms with Crippen molar-refractivity contribution in [2.75, 3.05) is 32.7 Å². The zero-order chi connectivity index (χ0) is 70.9. The molecule has 4 aliphatic rings. The zero-order valence-electron chi connectivity index (χ0n) is 64.1. The van der Waals surface area contributed by atoms with Crippen LogP contribution in [0.2, 0.25) is 0 Å². The molecule has 3 aliphatic heterocycles. The van der Waals surface area contributed by atoms with Gasteiger partial charge in [-0.1, -0.05) is 27.2 Å². The van der Waals surface area contributed by atoms with E-state index in [1.54, 1.807) is 54.9 Å². The predicted octanol–water partition coefficient (Wildman–Crippen LogP) is 16.5. The summed E-state index contributed by atoms with van der Waals surface area (Å²) in [5.41, 5.74) is 1.83. The maximum atomic E-state index is 11.1. The van der Waals surface area contributed by atoms with Crippen LogP contribution in [0.1, 0.15) is 265 Å². The molecule has 1 saturated carbocycles. The van der Waals surface area contributed by atoms with Gasteiger partial charge in [-0.15, -0.1) is 10.2 Å². The molecule has 522 valence electrons. The Kier molecular flexibility index (Phi) is 32.9. The van der Waals surface area contributed by atoms with Crippen molar-refractivity contribution >= 4 is 5.91 Å². The molecule has 0 bridgehead atoms. The highest BCUT2D eigenvalue weighted by Crippen LogP contribution is 2.57. The third kappa shape index (κ3) is 33.2. The molecule has 19 nitrogen and oxygen atoms in total. The normalized spacial score (nSPS) is 16.2. The molecule has 1 amide bonds. The van der Waals surface area contributed by atoms with E-state index in [2.05, 4.69) is 286 Å². The number of piperidine rings is 1. The molecule has 0 aromatic carbocycles. The minimum Gasteiger partial charge on any atom is -0.349 e. The molecule has 4 fully saturated rings. The standard InChI is InChI=1S/C9H19N.C8H15NO.C8H13N.C8H17N.C8H13N.2C7H12N2.3C6H11N3/c1-9(2,3)10-7-5-4-6-8-10;1-8(2,3)9-6-4-5-7(9)10;1-7(2,3)8(6-9)4-5-8;2*1-8(2,3)9-6-4-5-7-9;1-7(2,3)9-5-4-8-6-9;1-7(2,3)9-6-4-5-8-9;1-6(2,3)9-4-7-8-5-9;1-6(2,3)9-5-7-4-8-9;1-6(2,3)9-7-4-5-8-9/h4-8H2,1-3H3;4-6H2,1-3H3;4-5H2,1-3H3;4-7H2,1-3H3;4-7H,1-3H3;2*4-6H,1-3H3;3*4-5H,1-3H3. The van der Waals surface area contributed by atoms with Gasteiger partial charge in [0.1, 0.15) is 25.3 Å². The lowest BCUT2D eigenvalue weighted by atomic mass is 9.79. The van der Waals surface area contributed by atoms with E-state index in [0.717, 1.165) is 32.2 Å². The first-order valence-electron chi connectivity index (χ1n) is 33.8. The van der Waals surface area contributed by atoms with Crippen LogP contribution in [0.3, 0.4) is 0 Å². The summed E-state index contributed by atoms with van der Waals surface area (Å²) < 4.78 is 9.99. The molecule has 6 aromatic rings. The Morgan fingerprint density at radius 1 is 0.391 bits per heavy atom. The first-order valence-corrected chi connectivity index (χ1v) is 33.8. The minimum absolute atomic E-state index is 0.0174. The Bertz CT molecular complexity index is 2470. The number of hydrogen-bond donors (Lipinski definition) is 0. The van der Waals surface area contributed by atoms with Gasteiger partial charge in [0.2, 0.25) is 5.91 Å². The van der Waals surface area contributed by atoms with Crippen molar-refractivity contribution in [1.29, 1.82) is 5.26 Å². The lowest BCUT2D eigenvalue weighted by molar-refractivity contribution is -0.131. The van der Waals surface area contributed by atoms with E-state index in [9.17, 15) is 4.79 Å². The molecule has 3 saturated heterocycles. The predicted molar refractivity (Wildman–Crippen MR) is 382 cm³/mol. The molecule has 0 N–H and O–H groups in total. The second kappa shape index (κ2) is 36.0. The number of rotatable bonds is 0. The monoisotopic (exact) mass is 1280 g/mol. The van der Waals surface area contributed by atoms with Gasteiger partial charge >= 0.3 is 0 Å². The second-order valence-corrected chi connectivity index (χ2v) is 34.4. The summed E-state index contributed by atoms with van der Waals surface area (Å²) in [5.74, 6) is 0.313. The summed E-state index contributed by atoms with van der Waals surface area (Å²) in [7, 11) is 0. The summed E-state index contributed by atoms with van der Waals surface area (Å²) in [6.45, 7) is 70.8. The Balaban J connectivity index is 0.000000511. The Hall–Kier alpha value is -6.00. The molecule has 9 heterocycles. The van der Waals surface area contributed by atoms with Crippen molar-refractivity contribution in [1.82, 2.24) is 83.1 Å². The number of imidazole rings is 1. The van der Waals surface area contributed by atoms with Crippen molar-refractivity contribution in [3.05, 3.63) is 99.4 Å². The van der Waals surface area contributed by atoms with Gasteiger partial charge in [-0.2, -0.15) is 30.5 Å². The van der Waals surface area contributed by atoms with Crippen molar-refractivity contribution in [3.8, 4) is 6.07 Å². The fourth-order valence-corrected chi connectivity index (χ4v) is 9.23. The highest BCUT2D eigenvalue weighted by molar-refractivity contribution is 5.78. The highest BCUT2D eigenvalue weighted by atomic mass is 16.2. The number of amides is 1. The summed E-state index contributed by atoms with van der Waals surface area (Å²) >= 11 is 0. The SMILES string of the molecule is CC(C)(C)C1(C#N)CC1.CC(C)(C)N1CCCC1.CC(C)(C)N1CCCC1=O.CC(C)(C)N1CCCCC1.CC(C)(C)n1cccc1.CC(C)(C)n1cccn1.CC(C)(C)n1ccnc1.CC(C)(C)n1cncn1.CC(C)(C)n1cnnc1.CC(C)(C)n1nccn1. The van der Waals surface area contributed by atoms with E-state index < -0.39 is 0 Å². The van der Waals surface area contributed by atoms with E-state index in [-0.39, 0.29) is 49.6 Å². The van der Waals surface area contributed by atoms with E-state index in [0.29, 0.717) is 17.0 Å². The van der Waals surface area contributed by atoms with Crippen LogP contribution in [0.15, 0.2) is 99.4 Å². The fourth-order valence-electron chi connectivity index (χ4n) is 9.23. The Labute approximate surface area is 560 Å². The first kappa shape index (κ1) is 84.0. The molecule has 1 aliphatic carbocycles. The topological polar surface area (TPSA) is 183 Å². The smallest absolute Gasteiger partial charge is 0.223 e. The average Bonchev–Trinajstić information content (AvgIpc) is 1.63. The number of carbonyl (C=O) groups is 1.